The fourth-order valence-electron chi connectivity index (χ4n) is 3.56. The second kappa shape index (κ2) is 7.64. The van der Waals surface area contributed by atoms with E-state index >= 15 is 0 Å². The third kappa shape index (κ3) is 4.05. The van der Waals surface area contributed by atoms with Crippen LogP contribution in [0.5, 0.6) is 5.88 Å². The highest BCUT2D eigenvalue weighted by molar-refractivity contribution is 5.30. The summed E-state index contributed by atoms with van der Waals surface area (Å²) < 4.78 is 18.8. The van der Waals surface area contributed by atoms with Crippen LogP contribution in [0.4, 0.5) is 0 Å². The van der Waals surface area contributed by atoms with E-state index in [4.69, 9.17) is 14.2 Å². The molecular formula is C17H29N3O3. The van der Waals surface area contributed by atoms with Crippen molar-refractivity contribution in [3.8, 4) is 5.88 Å². The summed E-state index contributed by atoms with van der Waals surface area (Å²) in [5.41, 5.74) is 2.27. The van der Waals surface area contributed by atoms with Gasteiger partial charge in [-0.25, -0.2) is 4.68 Å². The number of aryl methyl sites for hydroxylation is 2. The molecule has 1 aromatic heterocycles. The molecule has 0 bridgehead atoms. The zero-order valence-electron chi connectivity index (χ0n) is 14.6. The first-order chi connectivity index (χ1) is 11.2. The molecule has 2 saturated heterocycles. The summed E-state index contributed by atoms with van der Waals surface area (Å²) in [5.74, 6) is 1.48. The maximum atomic E-state index is 6.09. The molecule has 6 heteroatoms. The van der Waals surface area contributed by atoms with Gasteiger partial charge in [0.15, 0.2) is 0 Å². The fourth-order valence-corrected chi connectivity index (χ4v) is 3.56. The first kappa shape index (κ1) is 16.7. The molecule has 3 heterocycles. The average Bonchev–Trinajstić information content (AvgIpc) is 3.15. The molecule has 1 aromatic rings. The number of hydrogen-bond donors (Lipinski definition) is 0. The smallest absolute Gasteiger partial charge is 0.216 e. The van der Waals surface area contributed by atoms with E-state index in [2.05, 4.69) is 16.9 Å². The fraction of sp³-hybridized carbons (Fsp3) is 0.824. The summed E-state index contributed by atoms with van der Waals surface area (Å²) in [5, 5.41) is 4.46. The number of hydrogen-bond acceptors (Lipinski definition) is 5. The van der Waals surface area contributed by atoms with Crippen LogP contribution in [0.2, 0.25) is 0 Å². The molecular weight excluding hydrogens is 294 g/mol. The lowest BCUT2D eigenvalue weighted by atomic mass is 10.1. The molecule has 0 spiro atoms. The van der Waals surface area contributed by atoms with Gasteiger partial charge < -0.3 is 14.2 Å². The molecule has 2 fully saturated rings. The molecule has 0 amide bonds. The van der Waals surface area contributed by atoms with Gasteiger partial charge in [-0.2, -0.15) is 5.10 Å². The topological polar surface area (TPSA) is 48.8 Å². The van der Waals surface area contributed by atoms with Gasteiger partial charge in [-0.1, -0.05) is 0 Å². The number of aromatic nitrogens is 2. The molecule has 23 heavy (non-hydrogen) atoms. The summed E-state index contributed by atoms with van der Waals surface area (Å²) in [6.45, 7) is 7.74. The van der Waals surface area contributed by atoms with E-state index in [1.807, 2.05) is 11.7 Å². The van der Waals surface area contributed by atoms with Crippen LogP contribution in [0.3, 0.4) is 0 Å². The van der Waals surface area contributed by atoms with Gasteiger partial charge in [-0.15, -0.1) is 0 Å². The van der Waals surface area contributed by atoms with Crippen molar-refractivity contribution in [1.82, 2.24) is 14.7 Å². The lowest BCUT2D eigenvalue weighted by molar-refractivity contribution is -0.0118. The third-order valence-corrected chi connectivity index (χ3v) is 4.99. The summed E-state index contributed by atoms with van der Waals surface area (Å²) >= 11 is 0. The van der Waals surface area contributed by atoms with Crippen LogP contribution in [0.15, 0.2) is 0 Å². The Labute approximate surface area is 138 Å². The van der Waals surface area contributed by atoms with Crippen molar-refractivity contribution in [2.75, 3.05) is 40.0 Å². The number of nitrogens with zero attached hydrogens (tertiary/aromatic N) is 3. The maximum absolute atomic E-state index is 6.09. The minimum atomic E-state index is 0.406. The lowest BCUT2D eigenvalue weighted by Crippen LogP contribution is -2.37. The average molecular weight is 323 g/mol. The highest BCUT2D eigenvalue weighted by Crippen LogP contribution is 2.25. The maximum Gasteiger partial charge on any atom is 0.216 e. The molecule has 0 aliphatic carbocycles. The largest absolute Gasteiger partial charge is 0.481 e. The van der Waals surface area contributed by atoms with Crippen molar-refractivity contribution in [1.29, 1.82) is 0 Å². The van der Waals surface area contributed by atoms with Crippen molar-refractivity contribution in [3.63, 3.8) is 0 Å². The van der Waals surface area contributed by atoms with Gasteiger partial charge in [-0.3, -0.25) is 4.90 Å². The third-order valence-electron chi connectivity index (χ3n) is 4.99. The quantitative estimate of drug-likeness (QED) is 0.798. The Balaban J connectivity index is 1.45. The van der Waals surface area contributed by atoms with Crippen molar-refractivity contribution >= 4 is 0 Å². The molecule has 6 nitrogen and oxygen atoms in total. The SMILES string of the molecule is COc1c(CN2CCC(OC[C@@H]3CCOC3)CC2)c(C)nn1C. The molecule has 3 rings (SSSR count). The summed E-state index contributed by atoms with van der Waals surface area (Å²) in [6, 6.07) is 0. The molecule has 0 saturated carbocycles. The lowest BCUT2D eigenvalue weighted by Gasteiger charge is -2.32. The zero-order valence-corrected chi connectivity index (χ0v) is 14.6. The first-order valence-corrected chi connectivity index (χ1v) is 8.65. The zero-order chi connectivity index (χ0) is 16.2. The number of ether oxygens (including phenoxy) is 3. The van der Waals surface area contributed by atoms with E-state index in [9.17, 15) is 0 Å². The molecule has 0 N–H and O–H groups in total. The number of rotatable bonds is 6. The second-order valence-electron chi connectivity index (χ2n) is 6.74. The number of methoxy groups -OCH3 is 1. The van der Waals surface area contributed by atoms with Crippen LogP contribution in [0.1, 0.15) is 30.5 Å². The Morgan fingerprint density at radius 3 is 2.70 bits per heavy atom. The van der Waals surface area contributed by atoms with Crippen LogP contribution < -0.4 is 4.74 Å². The van der Waals surface area contributed by atoms with Gasteiger partial charge in [-0.05, 0) is 26.2 Å². The summed E-state index contributed by atoms with van der Waals surface area (Å²) in [7, 11) is 3.65. The molecule has 0 unspecified atom stereocenters. The van der Waals surface area contributed by atoms with Crippen LogP contribution in [0.25, 0.3) is 0 Å². The standard InChI is InChI=1S/C17H29N3O3/c1-13-16(17(21-3)19(2)18-13)10-20-7-4-15(5-8-20)23-12-14-6-9-22-11-14/h14-15H,4-12H2,1-3H3/t14-/m1/s1. The number of piperidine rings is 1. The van der Waals surface area contributed by atoms with Gasteiger partial charge in [0, 0.05) is 39.2 Å². The Bertz CT molecular complexity index is 503. The first-order valence-electron chi connectivity index (χ1n) is 8.65. The van der Waals surface area contributed by atoms with E-state index in [1.54, 1.807) is 7.11 Å². The molecule has 0 aromatic carbocycles. The number of likely N-dealkylation sites (tertiary alicyclic amines) is 1. The summed E-state index contributed by atoms with van der Waals surface area (Å²) in [4.78, 5) is 2.48. The van der Waals surface area contributed by atoms with Crippen molar-refractivity contribution in [3.05, 3.63) is 11.3 Å². The van der Waals surface area contributed by atoms with Crippen LogP contribution in [-0.4, -0.2) is 60.8 Å². The van der Waals surface area contributed by atoms with Crippen LogP contribution in [0, 0.1) is 12.8 Å². The Morgan fingerprint density at radius 2 is 2.04 bits per heavy atom. The van der Waals surface area contributed by atoms with Crippen molar-refractivity contribution < 1.29 is 14.2 Å². The van der Waals surface area contributed by atoms with Gasteiger partial charge in [0.25, 0.3) is 0 Å². The minimum Gasteiger partial charge on any atom is -0.481 e. The predicted octanol–water partition coefficient (Wildman–Crippen LogP) is 1.75. The van der Waals surface area contributed by atoms with Crippen LogP contribution >= 0.6 is 0 Å². The highest BCUT2D eigenvalue weighted by atomic mass is 16.5. The van der Waals surface area contributed by atoms with Gasteiger partial charge >= 0.3 is 0 Å². The molecule has 0 radical (unpaired) electrons. The van der Waals surface area contributed by atoms with E-state index < -0.39 is 0 Å². The van der Waals surface area contributed by atoms with Crippen molar-refractivity contribution in [2.24, 2.45) is 13.0 Å². The summed E-state index contributed by atoms with van der Waals surface area (Å²) in [6.07, 6.45) is 3.77. The van der Waals surface area contributed by atoms with Gasteiger partial charge in [0.1, 0.15) is 0 Å². The van der Waals surface area contributed by atoms with Gasteiger partial charge in [0.05, 0.1) is 37.7 Å². The molecule has 2 aliphatic heterocycles. The van der Waals surface area contributed by atoms with Crippen LogP contribution in [-0.2, 0) is 23.1 Å². The van der Waals surface area contributed by atoms with Gasteiger partial charge in [0.2, 0.25) is 5.88 Å². The second-order valence-corrected chi connectivity index (χ2v) is 6.74. The van der Waals surface area contributed by atoms with E-state index in [1.165, 1.54) is 5.56 Å². The van der Waals surface area contributed by atoms with Crippen molar-refractivity contribution in [2.45, 2.75) is 38.8 Å². The molecule has 2 aliphatic rings. The monoisotopic (exact) mass is 323 g/mol. The molecule has 130 valence electrons. The molecule has 1 atom stereocenters. The highest BCUT2D eigenvalue weighted by Gasteiger charge is 2.24. The van der Waals surface area contributed by atoms with E-state index in [0.29, 0.717) is 12.0 Å². The Kier molecular flexibility index (Phi) is 5.56. The predicted molar refractivity (Wildman–Crippen MR) is 87.7 cm³/mol. The van der Waals surface area contributed by atoms with E-state index in [0.717, 1.165) is 70.3 Å². The minimum absolute atomic E-state index is 0.406. The Hall–Kier alpha value is -1.11. The Morgan fingerprint density at radius 1 is 1.26 bits per heavy atom. The normalized spacial score (nSPS) is 23.5. The van der Waals surface area contributed by atoms with E-state index in [-0.39, 0.29) is 0 Å².